The maximum Gasteiger partial charge on any atom is 0.316 e. The first-order chi connectivity index (χ1) is 13.4. The van der Waals surface area contributed by atoms with E-state index in [2.05, 4.69) is 10.3 Å². The Morgan fingerprint density at radius 3 is 2.61 bits per heavy atom. The SMILES string of the molecule is COc1cn(Cc2cc(F)cc(F)c2)c(NCc2cccc(Cl)c2C)nc1=O. The van der Waals surface area contributed by atoms with Gasteiger partial charge >= 0.3 is 5.56 Å². The molecule has 2 aromatic carbocycles. The fourth-order valence-corrected chi connectivity index (χ4v) is 2.99. The average Bonchev–Trinajstić information content (AvgIpc) is 2.63. The highest BCUT2D eigenvalue weighted by molar-refractivity contribution is 6.31. The minimum Gasteiger partial charge on any atom is -0.490 e. The van der Waals surface area contributed by atoms with Crippen molar-refractivity contribution in [1.82, 2.24) is 9.55 Å². The average molecular weight is 406 g/mol. The molecule has 0 amide bonds. The summed E-state index contributed by atoms with van der Waals surface area (Å²) in [6.45, 7) is 2.35. The first kappa shape index (κ1) is 19.8. The lowest BCUT2D eigenvalue weighted by Gasteiger charge is -2.16. The highest BCUT2D eigenvalue weighted by Gasteiger charge is 2.11. The van der Waals surface area contributed by atoms with E-state index in [0.29, 0.717) is 17.1 Å². The van der Waals surface area contributed by atoms with Crippen LogP contribution >= 0.6 is 11.6 Å². The van der Waals surface area contributed by atoms with Crippen LogP contribution in [0.25, 0.3) is 0 Å². The van der Waals surface area contributed by atoms with E-state index >= 15 is 0 Å². The van der Waals surface area contributed by atoms with Gasteiger partial charge in [-0.3, -0.25) is 4.79 Å². The molecule has 1 aromatic heterocycles. The normalized spacial score (nSPS) is 10.8. The maximum atomic E-state index is 13.5. The van der Waals surface area contributed by atoms with E-state index in [9.17, 15) is 13.6 Å². The summed E-state index contributed by atoms with van der Waals surface area (Å²) in [4.78, 5) is 16.1. The number of ether oxygens (including phenoxy) is 1. The van der Waals surface area contributed by atoms with Gasteiger partial charge in [-0.1, -0.05) is 23.7 Å². The molecular formula is C20H18ClF2N3O2. The lowest BCUT2D eigenvalue weighted by molar-refractivity contribution is 0.402. The van der Waals surface area contributed by atoms with E-state index in [1.54, 1.807) is 10.6 Å². The van der Waals surface area contributed by atoms with Crippen molar-refractivity contribution in [3.05, 3.63) is 86.3 Å². The topological polar surface area (TPSA) is 56.1 Å². The zero-order chi connectivity index (χ0) is 20.3. The van der Waals surface area contributed by atoms with E-state index in [-0.39, 0.29) is 18.2 Å². The summed E-state index contributed by atoms with van der Waals surface area (Å²) in [6.07, 6.45) is 1.45. The number of rotatable bonds is 6. The van der Waals surface area contributed by atoms with Gasteiger partial charge in [0.15, 0.2) is 0 Å². The van der Waals surface area contributed by atoms with Crippen LogP contribution in [0.1, 0.15) is 16.7 Å². The second-order valence-corrected chi connectivity index (χ2v) is 6.63. The molecule has 0 fully saturated rings. The van der Waals surface area contributed by atoms with Crippen molar-refractivity contribution in [3.63, 3.8) is 0 Å². The van der Waals surface area contributed by atoms with E-state index in [1.807, 2.05) is 19.1 Å². The molecule has 0 radical (unpaired) electrons. The molecule has 3 rings (SSSR count). The maximum absolute atomic E-state index is 13.5. The van der Waals surface area contributed by atoms with Crippen LogP contribution in [0.4, 0.5) is 14.7 Å². The Morgan fingerprint density at radius 2 is 1.93 bits per heavy atom. The van der Waals surface area contributed by atoms with Crippen LogP contribution in [0.15, 0.2) is 47.4 Å². The largest absolute Gasteiger partial charge is 0.490 e. The standard InChI is InChI=1S/C20H18ClF2N3O2/c1-12-14(4-3-5-17(12)21)9-24-20-25-19(27)18(28-2)11-26(20)10-13-6-15(22)8-16(23)7-13/h3-8,11H,9-10H2,1-2H3,(H,24,25,27). The molecule has 3 aromatic rings. The number of nitrogens with one attached hydrogen (secondary N) is 1. The lowest BCUT2D eigenvalue weighted by Crippen LogP contribution is -2.20. The third kappa shape index (κ3) is 4.48. The number of aromatic nitrogens is 2. The van der Waals surface area contributed by atoms with Gasteiger partial charge in [0.05, 0.1) is 19.9 Å². The first-order valence-corrected chi connectivity index (χ1v) is 8.83. The van der Waals surface area contributed by atoms with Crippen molar-refractivity contribution in [1.29, 1.82) is 0 Å². The minimum absolute atomic E-state index is 0.0290. The van der Waals surface area contributed by atoms with E-state index in [1.165, 1.54) is 25.4 Å². The Hall–Kier alpha value is -2.93. The molecule has 0 spiro atoms. The van der Waals surface area contributed by atoms with E-state index in [4.69, 9.17) is 16.3 Å². The fourth-order valence-electron chi connectivity index (χ4n) is 2.79. The Balaban J connectivity index is 1.94. The van der Waals surface area contributed by atoms with Gasteiger partial charge in [-0.05, 0) is 41.8 Å². The van der Waals surface area contributed by atoms with Crippen molar-refractivity contribution in [2.45, 2.75) is 20.0 Å². The van der Waals surface area contributed by atoms with Crippen LogP contribution in [-0.4, -0.2) is 16.7 Å². The van der Waals surface area contributed by atoms with Crippen LogP contribution in [0, 0.1) is 18.6 Å². The van der Waals surface area contributed by atoms with Gasteiger partial charge in [0.2, 0.25) is 11.7 Å². The smallest absolute Gasteiger partial charge is 0.316 e. The van der Waals surface area contributed by atoms with Crippen molar-refractivity contribution in [2.75, 3.05) is 12.4 Å². The van der Waals surface area contributed by atoms with Crippen LogP contribution in [-0.2, 0) is 13.1 Å². The van der Waals surface area contributed by atoms with Gasteiger partial charge in [0.1, 0.15) is 11.6 Å². The number of anilines is 1. The Labute approximate surface area is 165 Å². The highest BCUT2D eigenvalue weighted by atomic mass is 35.5. The molecule has 146 valence electrons. The second-order valence-electron chi connectivity index (χ2n) is 6.22. The molecular weight excluding hydrogens is 388 g/mol. The predicted octanol–water partition coefficient (Wildman–Crippen LogP) is 4.15. The zero-order valence-electron chi connectivity index (χ0n) is 15.3. The lowest BCUT2D eigenvalue weighted by atomic mass is 10.1. The molecule has 0 unspecified atom stereocenters. The Bertz CT molecular complexity index is 1050. The summed E-state index contributed by atoms with van der Waals surface area (Å²) < 4.78 is 33.6. The quantitative estimate of drug-likeness (QED) is 0.669. The number of benzene rings is 2. The number of hydrogen-bond acceptors (Lipinski definition) is 4. The Kier molecular flexibility index (Phi) is 5.94. The molecule has 0 saturated carbocycles. The Morgan fingerprint density at radius 1 is 1.21 bits per heavy atom. The van der Waals surface area contributed by atoms with Crippen molar-refractivity contribution >= 4 is 17.5 Å². The molecule has 0 bridgehead atoms. The van der Waals surface area contributed by atoms with E-state index in [0.717, 1.165) is 17.2 Å². The van der Waals surface area contributed by atoms with Crippen molar-refractivity contribution in [2.24, 2.45) is 0 Å². The zero-order valence-corrected chi connectivity index (χ0v) is 16.1. The van der Waals surface area contributed by atoms with Crippen molar-refractivity contribution in [3.8, 4) is 5.75 Å². The third-order valence-electron chi connectivity index (χ3n) is 4.28. The van der Waals surface area contributed by atoms with Gasteiger partial charge in [-0.2, -0.15) is 4.98 Å². The molecule has 1 heterocycles. The molecule has 0 aliphatic rings. The number of nitrogens with zero attached hydrogens (tertiary/aromatic N) is 2. The van der Waals surface area contributed by atoms with Gasteiger partial charge in [0, 0.05) is 17.6 Å². The number of methoxy groups -OCH3 is 1. The number of halogens is 3. The van der Waals surface area contributed by atoms with Gasteiger partial charge < -0.3 is 14.6 Å². The predicted molar refractivity (Wildman–Crippen MR) is 104 cm³/mol. The van der Waals surface area contributed by atoms with Crippen LogP contribution in [0.3, 0.4) is 0 Å². The molecule has 5 nitrogen and oxygen atoms in total. The molecule has 1 N–H and O–H groups in total. The molecule has 8 heteroatoms. The van der Waals surface area contributed by atoms with Crippen LogP contribution < -0.4 is 15.6 Å². The first-order valence-electron chi connectivity index (χ1n) is 8.45. The molecule has 0 aliphatic carbocycles. The summed E-state index contributed by atoms with van der Waals surface area (Å²) in [5.74, 6) is -1.09. The van der Waals surface area contributed by atoms with Gasteiger partial charge in [-0.15, -0.1) is 0 Å². The monoisotopic (exact) mass is 405 g/mol. The summed E-state index contributed by atoms with van der Waals surface area (Å²) in [5.41, 5.74) is 1.67. The van der Waals surface area contributed by atoms with Crippen molar-refractivity contribution < 1.29 is 13.5 Å². The van der Waals surface area contributed by atoms with Crippen LogP contribution in [0.2, 0.25) is 5.02 Å². The highest BCUT2D eigenvalue weighted by Crippen LogP contribution is 2.20. The van der Waals surface area contributed by atoms with Gasteiger partial charge in [-0.25, -0.2) is 8.78 Å². The molecule has 28 heavy (non-hydrogen) atoms. The molecule has 0 atom stereocenters. The third-order valence-corrected chi connectivity index (χ3v) is 4.68. The fraction of sp³-hybridized carbons (Fsp3) is 0.200. The minimum atomic E-state index is -0.681. The number of hydrogen-bond donors (Lipinski definition) is 1. The summed E-state index contributed by atoms with van der Waals surface area (Å²) >= 11 is 6.14. The summed E-state index contributed by atoms with van der Waals surface area (Å²) in [6, 6.07) is 8.77. The van der Waals surface area contributed by atoms with Crippen LogP contribution in [0.5, 0.6) is 5.75 Å². The summed E-state index contributed by atoms with van der Waals surface area (Å²) in [7, 11) is 1.35. The van der Waals surface area contributed by atoms with Gasteiger partial charge in [0.25, 0.3) is 0 Å². The second kappa shape index (κ2) is 8.39. The molecule has 0 aliphatic heterocycles. The summed E-state index contributed by atoms with van der Waals surface area (Å²) in [5, 5.41) is 3.72. The van der Waals surface area contributed by atoms with E-state index < -0.39 is 17.2 Å². The molecule has 0 saturated heterocycles.